The van der Waals surface area contributed by atoms with E-state index in [9.17, 15) is 13.2 Å². The zero-order valence-electron chi connectivity index (χ0n) is 9.14. The molecule has 7 heteroatoms. The van der Waals surface area contributed by atoms with Gasteiger partial charge in [-0.15, -0.1) is 0 Å². The Morgan fingerprint density at radius 1 is 1.44 bits per heavy atom. The zero-order valence-corrected chi connectivity index (χ0v) is 9.14. The van der Waals surface area contributed by atoms with Gasteiger partial charge >= 0.3 is 6.18 Å². The maximum absolute atomic E-state index is 11.9. The van der Waals surface area contributed by atoms with Gasteiger partial charge in [-0.1, -0.05) is 12.1 Å². The lowest BCUT2D eigenvalue weighted by molar-refractivity contribution is -0.134. The SMILES string of the molecule is CCNC(C)c1nc(CCC(F)(F)F)no1. The summed E-state index contributed by atoms with van der Waals surface area (Å²) >= 11 is 0. The van der Waals surface area contributed by atoms with Crippen LogP contribution >= 0.6 is 0 Å². The molecule has 1 unspecified atom stereocenters. The third kappa shape index (κ3) is 4.18. The van der Waals surface area contributed by atoms with E-state index in [0.717, 1.165) is 6.54 Å². The quantitative estimate of drug-likeness (QED) is 0.853. The van der Waals surface area contributed by atoms with Crippen LogP contribution in [-0.2, 0) is 6.42 Å². The number of aromatic nitrogens is 2. The first kappa shape index (κ1) is 13.0. The highest BCUT2D eigenvalue weighted by Gasteiger charge is 2.27. The Morgan fingerprint density at radius 2 is 2.12 bits per heavy atom. The molecule has 0 radical (unpaired) electrons. The Hall–Kier alpha value is -1.11. The van der Waals surface area contributed by atoms with Gasteiger partial charge in [0.15, 0.2) is 5.82 Å². The van der Waals surface area contributed by atoms with Gasteiger partial charge in [-0.25, -0.2) is 0 Å². The van der Waals surface area contributed by atoms with Gasteiger partial charge in [0, 0.05) is 6.42 Å². The van der Waals surface area contributed by atoms with E-state index in [1.165, 1.54) is 0 Å². The second-order valence-electron chi connectivity index (χ2n) is 3.44. The first-order chi connectivity index (χ1) is 7.42. The molecule has 16 heavy (non-hydrogen) atoms. The predicted octanol–water partition coefficient (Wildman–Crippen LogP) is 2.24. The third-order valence-corrected chi connectivity index (χ3v) is 2.00. The molecular weight excluding hydrogens is 223 g/mol. The molecule has 1 heterocycles. The maximum Gasteiger partial charge on any atom is 0.389 e. The number of hydrogen-bond acceptors (Lipinski definition) is 4. The van der Waals surface area contributed by atoms with Gasteiger partial charge in [0.05, 0.1) is 12.5 Å². The van der Waals surface area contributed by atoms with Crippen LogP contribution in [0.1, 0.15) is 38.0 Å². The largest absolute Gasteiger partial charge is 0.389 e. The number of aryl methyl sites for hydroxylation is 1. The first-order valence-corrected chi connectivity index (χ1v) is 5.05. The Labute approximate surface area is 91.2 Å². The van der Waals surface area contributed by atoms with Gasteiger partial charge < -0.3 is 9.84 Å². The average Bonchev–Trinajstić information content (AvgIpc) is 2.62. The Balaban J connectivity index is 2.51. The van der Waals surface area contributed by atoms with Crippen LogP contribution in [0.3, 0.4) is 0 Å². The molecule has 0 saturated carbocycles. The highest BCUT2D eigenvalue weighted by molar-refractivity contribution is 4.91. The molecule has 92 valence electrons. The van der Waals surface area contributed by atoms with E-state index < -0.39 is 12.6 Å². The van der Waals surface area contributed by atoms with Gasteiger partial charge in [-0.05, 0) is 13.5 Å². The van der Waals surface area contributed by atoms with Gasteiger partial charge in [0.25, 0.3) is 0 Å². The van der Waals surface area contributed by atoms with Crippen molar-refractivity contribution in [3.8, 4) is 0 Å². The third-order valence-electron chi connectivity index (χ3n) is 2.00. The van der Waals surface area contributed by atoms with Crippen LogP contribution in [0.4, 0.5) is 13.2 Å². The van der Waals surface area contributed by atoms with Gasteiger partial charge in [-0.3, -0.25) is 0 Å². The maximum atomic E-state index is 11.9. The minimum atomic E-state index is -4.19. The lowest BCUT2D eigenvalue weighted by Crippen LogP contribution is -2.18. The second kappa shape index (κ2) is 5.29. The molecule has 0 aliphatic carbocycles. The smallest absolute Gasteiger partial charge is 0.338 e. The topological polar surface area (TPSA) is 51.0 Å². The van der Waals surface area contributed by atoms with E-state index >= 15 is 0 Å². The van der Waals surface area contributed by atoms with Crippen molar-refractivity contribution in [2.45, 2.75) is 38.9 Å². The molecule has 0 bridgehead atoms. The number of hydrogen-bond donors (Lipinski definition) is 1. The van der Waals surface area contributed by atoms with E-state index in [2.05, 4.69) is 15.5 Å². The van der Waals surface area contributed by atoms with Crippen LogP contribution in [0.2, 0.25) is 0 Å². The predicted molar refractivity (Wildman–Crippen MR) is 50.8 cm³/mol. The number of halogens is 3. The van der Waals surface area contributed by atoms with Crippen molar-refractivity contribution in [3.05, 3.63) is 11.7 Å². The lowest BCUT2D eigenvalue weighted by atomic mass is 10.3. The zero-order chi connectivity index (χ0) is 12.2. The molecule has 0 amide bonds. The van der Waals surface area contributed by atoms with Crippen molar-refractivity contribution >= 4 is 0 Å². The highest BCUT2D eigenvalue weighted by atomic mass is 19.4. The molecule has 0 aliphatic heterocycles. The van der Waals surface area contributed by atoms with Crippen LogP contribution in [0.25, 0.3) is 0 Å². The summed E-state index contributed by atoms with van der Waals surface area (Å²) in [5.41, 5.74) is 0. The minimum absolute atomic E-state index is 0.0945. The molecule has 4 nitrogen and oxygen atoms in total. The average molecular weight is 237 g/mol. The van der Waals surface area contributed by atoms with Crippen molar-refractivity contribution in [1.82, 2.24) is 15.5 Å². The summed E-state index contributed by atoms with van der Waals surface area (Å²) in [6.45, 7) is 4.45. The summed E-state index contributed by atoms with van der Waals surface area (Å²) in [5, 5.41) is 6.53. The summed E-state index contributed by atoms with van der Waals surface area (Å²) in [6, 6.07) is -0.142. The van der Waals surface area contributed by atoms with Crippen LogP contribution in [-0.4, -0.2) is 22.9 Å². The van der Waals surface area contributed by atoms with Gasteiger partial charge in [0.2, 0.25) is 5.89 Å². The van der Waals surface area contributed by atoms with E-state index in [0.29, 0.717) is 5.89 Å². The van der Waals surface area contributed by atoms with Crippen molar-refractivity contribution < 1.29 is 17.7 Å². The van der Waals surface area contributed by atoms with E-state index in [1.54, 1.807) is 0 Å². The summed E-state index contributed by atoms with van der Waals surface area (Å²) in [4.78, 5) is 3.89. The molecule has 0 spiro atoms. The fourth-order valence-electron chi connectivity index (χ4n) is 1.19. The summed E-state index contributed by atoms with van der Waals surface area (Å²) < 4.78 is 40.6. The summed E-state index contributed by atoms with van der Waals surface area (Å²) in [6.07, 6.45) is -5.36. The number of nitrogens with one attached hydrogen (secondary N) is 1. The number of nitrogens with zero attached hydrogens (tertiary/aromatic N) is 2. The fourth-order valence-corrected chi connectivity index (χ4v) is 1.19. The van der Waals surface area contributed by atoms with Crippen LogP contribution in [0.15, 0.2) is 4.52 Å². The molecule has 0 saturated heterocycles. The van der Waals surface area contributed by atoms with Crippen LogP contribution < -0.4 is 5.32 Å². The van der Waals surface area contributed by atoms with E-state index in [1.807, 2.05) is 13.8 Å². The van der Waals surface area contributed by atoms with E-state index in [4.69, 9.17) is 4.52 Å². The number of alkyl halides is 3. The Bertz CT molecular complexity index is 324. The molecule has 0 fully saturated rings. The minimum Gasteiger partial charge on any atom is -0.338 e. The second-order valence-corrected chi connectivity index (χ2v) is 3.44. The molecule has 1 aromatic heterocycles. The summed E-state index contributed by atoms with van der Waals surface area (Å²) in [7, 11) is 0. The molecular formula is C9H14F3N3O. The van der Waals surface area contributed by atoms with Crippen LogP contribution in [0, 0.1) is 0 Å². The van der Waals surface area contributed by atoms with E-state index in [-0.39, 0.29) is 18.3 Å². The molecule has 1 rings (SSSR count). The number of rotatable bonds is 5. The fraction of sp³-hybridized carbons (Fsp3) is 0.778. The molecule has 0 aliphatic rings. The molecule has 1 aromatic rings. The van der Waals surface area contributed by atoms with Crippen molar-refractivity contribution in [1.29, 1.82) is 0 Å². The monoisotopic (exact) mass is 237 g/mol. The Morgan fingerprint density at radius 3 is 2.69 bits per heavy atom. The Kier molecular flexibility index (Phi) is 4.28. The normalized spacial score (nSPS) is 14.1. The van der Waals surface area contributed by atoms with Crippen LogP contribution in [0.5, 0.6) is 0 Å². The van der Waals surface area contributed by atoms with Gasteiger partial charge in [0.1, 0.15) is 0 Å². The standard InChI is InChI=1S/C9H14F3N3O/c1-3-13-6(2)8-14-7(15-16-8)4-5-9(10,11)12/h6,13H,3-5H2,1-2H3. The highest BCUT2D eigenvalue weighted by Crippen LogP contribution is 2.21. The molecule has 1 N–H and O–H groups in total. The van der Waals surface area contributed by atoms with Crippen molar-refractivity contribution in [3.63, 3.8) is 0 Å². The summed E-state index contributed by atoms with van der Waals surface area (Å²) in [5.74, 6) is 0.413. The van der Waals surface area contributed by atoms with Gasteiger partial charge in [-0.2, -0.15) is 18.2 Å². The first-order valence-electron chi connectivity index (χ1n) is 5.05. The molecule has 1 atom stereocenters. The lowest BCUT2D eigenvalue weighted by Gasteiger charge is -2.05. The van der Waals surface area contributed by atoms with Crippen molar-refractivity contribution in [2.75, 3.05) is 6.54 Å². The molecule has 0 aromatic carbocycles. The van der Waals surface area contributed by atoms with Crippen molar-refractivity contribution in [2.24, 2.45) is 0 Å².